The minimum atomic E-state index is -0.615. The van der Waals surface area contributed by atoms with Crippen LogP contribution in [0.15, 0.2) is 10.8 Å². The van der Waals surface area contributed by atoms with Gasteiger partial charge < -0.3 is 27.9 Å². The van der Waals surface area contributed by atoms with Gasteiger partial charge in [0.1, 0.15) is 0 Å². The number of rotatable bonds is 6. The summed E-state index contributed by atoms with van der Waals surface area (Å²) in [6.07, 6.45) is 2.82. The maximum atomic E-state index is 6.55. The first-order valence-electron chi connectivity index (χ1n) is 12.6. The number of hydrogen-bond donors (Lipinski definition) is 0. The van der Waals surface area contributed by atoms with E-state index >= 15 is 0 Å². The van der Waals surface area contributed by atoms with Crippen molar-refractivity contribution in [3.8, 4) is 0 Å². The standard InChI is InChI=1S/C24H45B3O6/c1-14-15-16-17(25-28-19(2,3)20(4,5)29-25)18(26-30-21(6,7)22(8,9)31-26)27-32-23(10,11)24(12,13)33-27/h14-16H2,1-13H3. The lowest BCUT2D eigenvalue weighted by Crippen LogP contribution is -2.41. The first-order valence-corrected chi connectivity index (χ1v) is 12.6. The summed E-state index contributed by atoms with van der Waals surface area (Å²) in [5, 5.41) is 0.847. The molecule has 3 saturated heterocycles. The lowest BCUT2D eigenvalue weighted by Gasteiger charge is -2.32. The Morgan fingerprint density at radius 2 is 0.758 bits per heavy atom. The zero-order valence-corrected chi connectivity index (χ0v) is 23.3. The van der Waals surface area contributed by atoms with E-state index in [0.717, 1.165) is 30.1 Å². The van der Waals surface area contributed by atoms with Crippen molar-refractivity contribution in [2.45, 2.75) is 143 Å². The van der Waals surface area contributed by atoms with Crippen molar-refractivity contribution in [1.29, 1.82) is 0 Å². The average molecular weight is 462 g/mol. The number of allylic oxidation sites excluding steroid dienone is 1. The van der Waals surface area contributed by atoms with Crippen LogP contribution >= 0.6 is 0 Å². The van der Waals surface area contributed by atoms with Crippen LogP contribution in [-0.4, -0.2) is 55.0 Å². The average Bonchev–Trinajstić information content (AvgIpc) is 3.06. The molecular weight excluding hydrogens is 417 g/mol. The summed E-state index contributed by atoms with van der Waals surface area (Å²) in [4.78, 5) is 0. The molecule has 0 aromatic rings. The summed E-state index contributed by atoms with van der Waals surface area (Å²) >= 11 is 0. The van der Waals surface area contributed by atoms with Crippen molar-refractivity contribution in [3.63, 3.8) is 0 Å². The molecule has 0 atom stereocenters. The van der Waals surface area contributed by atoms with Crippen LogP contribution in [0.5, 0.6) is 0 Å². The van der Waals surface area contributed by atoms with E-state index in [-0.39, 0.29) is 0 Å². The molecule has 0 spiro atoms. The van der Waals surface area contributed by atoms with Gasteiger partial charge in [0.15, 0.2) is 0 Å². The van der Waals surface area contributed by atoms with Crippen LogP contribution in [0, 0.1) is 0 Å². The van der Waals surface area contributed by atoms with Gasteiger partial charge in [-0.15, -0.1) is 0 Å². The van der Waals surface area contributed by atoms with Crippen molar-refractivity contribution >= 4 is 21.4 Å². The summed E-state index contributed by atoms with van der Waals surface area (Å²) in [7, 11) is -1.75. The molecule has 9 heteroatoms. The van der Waals surface area contributed by atoms with Crippen LogP contribution in [0.25, 0.3) is 0 Å². The molecule has 0 bridgehead atoms. The van der Waals surface area contributed by atoms with Crippen molar-refractivity contribution in [3.05, 3.63) is 10.8 Å². The number of hydrogen-bond acceptors (Lipinski definition) is 6. The molecule has 3 heterocycles. The van der Waals surface area contributed by atoms with Gasteiger partial charge in [0.2, 0.25) is 0 Å². The van der Waals surface area contributed by atoms with Crippen molar-refractivity contribution in [1.82, 2.24) is 0 Å². The van der Waals surface area contributed by atoms with Gasteiger partial charge >= 0.3 is 21.4 Å². The van der Waals surface area contributed by atoms with Crippen LogP contribution in [-0.2, 0) is 27.9 Å². The quantitative estimate of drug-likeness (QED) is 0.496. The summed E-state index contributed by atoms with van der Waals surface area (Å²) in [6, 6.07) is 0. The molecule has 0 N–H and O–H groups in total. The van der Waals surface area contributed by atoms with Gasteiger partial charge in [0.25, 0.3) is 0 Å². The van der Waals surface area contributed by atoms with E-state index in [2.05, 4.69) is 90.0 Å². The van der Waals surface area contributed by atoms with E-state index in [1.54, 1.807) is 0 Å². The molecule has 3 fully saturated rings. The molecule has 186 valence electrons. The molecule has 0 radical (unpaired) electrons. The first kappa shape index (κ1) is 27.3. The smallest absolute Gasteiger partial charge is 0.400 e. The van der Waals surface area contributed by atoms with E-state index in [9.17, 15) is 0 Å². The van der Waals surface area contributed by atoms with Gasteiger partial charge in [-0.05, 0) is 100 Å². The minimum Gasteiger partial charge on any atom is -0.400 e. The predicted octanol–water partition coefficient (Wildman–Crippen LogP) is 5.37. The van der Waals surface area contributed by atoms with Gasteiger partial charge in [-0.1, -0.05) is 19.8 Å². The third-order valence-electron chi connectivity index (χ3n) is 8.72. The van der Waals surface area contributed by atoms with Gasteiger partial charge in [0, 0.05) is 0 Å². The van der Waals surface area contributed by atoms with Crippen LogP contribution in [0.4, 0.5) is 0 Å². The summed E-state index contributed by atoms with van der Waals surface area (Å²) in [5.41, 5.74) is -1.85. The third kappa shape index (κ3) is 4.75. The van der Waals surface area contributed by atoms with Crippen LogP contribution in [0.1, 0.15) is 109 Å². The Bertz CT molecular complexity index is 701. The fraction of sp³-hybridized carbons (Fsp3) is 0.917. The monoisotopic (exact) mass is 462 g/mol. The molecule has 0 aromatic carbocycles. The van der Waals surface area contributed by atoms with Gasteiger partial charge in [-0.3, -0.25) is 0 Å². The Morgan fingerprint density at radius 3 is 1.03 bits per heavy atom. The van der Waals surface area contributed by atoms with E-state index in [4.69, 9.17) is 27.9 Å². The molecule has 0 aromatic heterocycles. The van der Waals surface area contributed by atoms with Gasteiger partial charge in [0.05, 0.1) is 33.6 Å². The topological polar surface area (TPSA) is 55.4 Å². The highest BCUT2D eigenvalue weighted by molar-refractivity contribution is 6.81. The van der Waals surface area contributed by atoms with E-state index in [1.165, 1.54) is 0 Å². The Balaban J connectivity index is 2.14. The fourth-order valence-corrected chi connectivity index (χ4v) is 4.10. The zero-order valence-electron chi connectivity index (χ0n) is 23.3. The zero-order chi connectivity index (χ0) is 25.3. The SMILES string of the molecule is CCCCC(B1OC(C)(C)C(C)(C)O1)=C(B1OC(C)(C)C(C)(C)O1)B1OC(C)(C)C(C)(C)O1. The Morgan fingerprint density at radius 1 is 0.485 bits per heavy atom. The Kier molecular flexibility index (Phi) is 6.93. The predicted molar refractivity (Wildman–Crippen MR) is 135 cm³/mol. The molecule has 0 aliphatic carbocycles. The molecule has 3 rings (SSSR count). The van der Waals surface area contributed by atoms with Crippen molar-refractivity contribution in [2.24, 2.45) is 0 Å². The van der Waals surface area contributed by atoms with Crippen LogP contribution in [0.2, 0.25) is 0 Å². The molecule has 3 aliphatic rings. The summed E-state index contributed by atoms with van der Waals surface area (Å²) in [6.45, 7) is 27.0. The van der Waals surface area contributed by atoms with E-state index in [1.807, 2.05) is 0 Å². The van der Waals surface area contributed by atoms with Crippen molar-refractivity contribution < 1.29 is 27.9 Å². The van der Waals surface area contributed by atoms with E-state index < -0.39 is 55.0 Å². The largest absolute Gasteiger partial charge is 0.489 e. The summed E-state index contributed by atoms with van der Waals surface area (Å²) in [5.74, 6) is 0. The fourth-order valence-electron chi connectivity index (χ4n) is 4.10. The first-order chi connectivity index (χ1) is 14.8. The molecular formula is C24H45B3O6. The van der Waals surface area contributed by atoms with E-state index in [0.29, 0.717) is 0 Å². The normalized spacial score (nSPS) is 28.5. The molecule has 0 saturated carbocycles. The summed E-state index contributed by atoms with van der Waals surface area (Å²) < 4.78 is 39.3. The minimum absolute atomic E-state index is 0.452. The molecule has 6 nitrogen and oxygen atoms in total. The van der Waals surface area contributed by atoms with Crippen molar-refractivity contribution in [2.75, 3.05) is 0 Å². The highest BCUT2D eigenvalue weighted by Crippen LogP contribution is 2.46. The lowest BCUT2D eigenvalue weighted by atomic mass is 9.50. The maximum absolute atomic E-state index is 6.55. The van der Waals surface area contributed by atoms with Crippen LogP contribution < -0.4 is 0 Å². The second-order valence-electron chi connectivity index (χ2n) is 12.8. The lowest BCUT2D eigenvalue weighted by molar-refractivity contribution is 0.00578. The second kappa shape index (κ2) is 8.38. The molecule has 33 heavy (non-hydrogen) atoms. The highest BCUT2D eigenvalue weighted by atomic mass is 16.7. The second-order valence-corrected chi connectivity index (χ2v) is 12.8. The molecule has 0 amide bonds. The maximum Gasteiger partial charge on any atom is 0.489 e. The van der Waals surface area contributed by atoms with Gasteiger partial charge in [-0.25, -0.2) is 0 Å². The molecule has 0 unspecified atom stereocenters. The highest BCUT2D eigenvalue weighted by Gasteiger charge is 2.62. The Labute approximate surface area is 203 Å². The van der Waals surface area contributed by atoms with Gasteiger partial charge in [-0.2, -0.15) is 0 Å². The molecule has 3 aliphatic heterocycles. The van der Waals surface area contributed by atoms with Crippen LogP contribution in [0.3, 0.4) is 0 Å². The number of unbranched alkanes of at least 4 members (excludes halogenated alkanes) is 1. The Hall–Kier alpha value is -0.305. The third-order valence-corrected chi connectivity index (χ3v) is 8.72.